The predicted octanol–water partition coefficient (Wildman–Crippen LogP) is 4.41. The molecular weight excluding hydrogens is 513 g/mol. The highest BCUT2D eigenvalue weighted by Gasteiger charge is 2.44. The highest BCUT2D eigenvalue weighted by atomic mass is 127. The van der Waals surface area contributed by atoms with Gasteiger partial charge in [-0.15, -0.1) is 24.0 Å². The zero-order valence-electron chi connectivity index (χ0n) is 19.7. The van der Waals surface area contributed by atoms with Crippen LogP contribution in [0.2, 0.25) is 0 Å². The Labute approximate surface area is 209 Å². The number of hydrogen-bond acceptors (Lipinski definition) is 4. The van der Waals surface area contributed by atoms with Gasteiger partial charge in [0.25, 0.3) is 0 Å². The summed E-state index contributed by atoms with van der Waals surface area (Å²) in [5.74, 6) is 3.42. The zero-order chi connectivity index (χ0) is 21.7. The van der Waals surface area contributed by atoms with Gasteiger partial charge in [0.1, 0.15) is 5.76 Å². The van der Waals surface area contributed by atoms with Gasteiger partial charge in [0.05, 0.1) is 18.8 Å². The summed E-state index contributed by atoms with van der Waals surface area (Å²) in [6, 6.07) is 10.9. The summed E-state index contributed by atoms with van der Waals surface area (Å²) in [6.45, 7) is 11.9. The SMILES string of the molecule is CCNC(=NCC1(c2ccccc2)CC1)NCC1CCN(Cc2nc(C)c(C)o2)CC1.I. The molecular formula is C25H38IN5O. The molecule has 32 heavy (non-hydrogen) atoms. The third-order valence-electron chi connectivity index (χ3n) is 6.82. The lowest BCUT2D eigenvalue weighted by molar-refractivity contribution is 0.164. The van der Waals surface area contributed by atoms with Crippen molar-refractivity contribution in [2.75, 3.05) is 32.7 Å². The van der Waals surface area contributed by atoms with E-state index in [1.807, 2.05) is 13.8 Å². The molecule has 0 amide bonds. The number of guanidine groups is 1. The molecule has 6 nitrogen and oxygen atoms in total. The summed E-state index contributed by atoms with van der Waals surface area (Å²) < 4.78 is 5.75. The molecule has 176 valence electrons. The van der Waals surface area contributed by atoms with Gasteiger partial charge < -0.3 is 15.1 Å². The lowest BCUT2D eigenvalue weighted by atomic mass is 9.96. The fraction of sp³-hybridized carbons (Fsp3) is 0.600. The maximum atomic E-state index is 5.75. The van der Waals surface area contributed by atoms with E-state index < -0.39 is 0 Å². The third-order valence-corrected chi connectivity index (χ3v) is 6.82. The molecule has 0 spiro atoms. The molecule has 0 bridgehead atoms. The molecule has 1 aliphatic heterocycles. The van der Waals surface area contributed by atoms with Crippen molar-refractivity contribution in [1.29, 1.82) is 0 Å². The van der Waals surface area contributed by atoms with E-state index in [-0.39, 0.29) is 29.4 Å². The van der Waals surface area contributed by atoms with Crippen molar-refractivity contribution in [3.05, 3.63) is 53.2 Å². The Morgan fingerprint density at radius 2 is 1.88 bits per heavy atom. The molecule has 4 rings (SSSR count). The van der Waals surface area contributed by atoms with E-state index in [2.05, 4.69) is 57.8 Å². The fourth-order valence-corrected chi connectivity index (χ4v) is 4.44. The van der Waals surface area contributed by atoms with Crippen LogP contribution in [0.3, 0.4) is 0 Å². The smallest absolute Gasteiger partial charge is 0.208 e. The van der Waals surface area contributed by atoms with Crippen LogP contribution in [0.5, 0.6) is 0 Å². The van der Waals surface area contributed by atoms with Crippen LogP contribution in [0.15, 0.2) is 39.7 Å². The van der Waals surface area contributed by atoms with Crippen molar-refractivity contribution in [2.45, 2.75) is 58.4 Å². The third kappa shape index (κ3) is 6.47. The van der Waals surface area contributed by atoms with E-state index in [1.54, 1.807) is 0 Å². The van der Waals surface area contributed by atoms with Gasteiger partial charge in [-0.3, -0.25) is 9.89 Å². The maximum Gasteiger partial charge on any atom is 0.208 e. The molecule has 2 heterocycles. The molecule has 1 saturated heterocycles. The second-order valence-electron chi connectivity index (χ2n) is 9.19. The Hall–Kier alpha value is -1.61. The zero-order valence-corrected chi connectivity index (χ0v) is 22.0. The van der Waals surface area contributed by atoms with Crippen LogP contribution in [0.25, 0.3) is 0 Å². The first-order chi connectivity index (χ1) is 15.1. The minimum Gasteiger partial charge on any atom is -0.444 e. The molecule has 2 N–H and O–H groups in total. The van der Waals surface area contributed by atoms with Gasteiger partial charge in [-0.1, -0.05) is 30.3 Å². The summed E-state index contributed by atoms with van der Waals surface area (Å²) in [7, 11) is 0. The van der Waals surface area contributed by atoms with Gasteiger partial charge in [-0.05, 0) is 71.0 Å². The summed E-state index contributed by atoms with van der Waals surface area (Å²) in [5.41, 5.74) is 2.69. The predicted molar refractivity (Wildman–Crippen MR) is 141 cm³/mol. The highest BCUT2D eigenvalue weighted by molar-refractivity contribution is 14.0. The average Bonchev–Trinajstić information content (AvgIpc) is 3.51. The minimum atomic E-state index is 0. The number of aliphatic imine (C=N–C) groups is 1. The van der Waals surface area contributed by atoms with Gasteiger partial charge in [0.15, 0.2) is 5.96 Å². The van der Waals surface area contributed by atoms with Crippen molar-refractivity contribution < 1.29 is 4.42 Å². The van der Waals surface area contributed by atoms with Crippen LogP contribution < -0.4 is 10.6 Å². The van der Waals surface area contributed by atoms with E-state index in [4.69, 9.17) is 9.41 Å². The first-order valence-corrected chi connectivity index (χ1v) is 11.8. The van der Waals surface area contributed by atoms with Crippen LogP contribution in [0.1, 0.15) is 55.5 Å². The molecule has 2 aliphatic rings. The fourth-order valence-electron chi connectivity index (χ4n) is 4.44. The highest BCUT2D eigenvalue weighted by Crippen LogP contribution is 2.48. The monoisotopic (exact) mass is 551 g/mol. The van der Waals surface area contributed by atoms with E-state index >= 15 is 0 Å². The number of aromatic nitrogens is 1. The Kier molecular flexibility index (Phi) is 8.99. The number of oxazole rings is 1. The number of piperidine rings is 1. The summed E-state index contributed by atoms with van der Waals surface area (Å²) in [5, 5.41) is 7.04. The van der Waals surface area contributed by atoms with Crippen molar-refractivity contribution >= 4 is 29.9 Å². The van der Waals surface area contributed by atoms with Gasteiger partial charge in [0.2, 0.25) is 5.89 Å². The lowest BCUT2D eigenvalue weighted by Gasteiger charge is -2.31. The van der Waals surface area contributed by atoms with Crippen molar-refractivity contribution in [3.63, 3.8) is 0 Å². The molecule has 0 unspecified atom stereocenters. The Bertz CT molecular complexity index is 850. The van der Waals surface area contributed by atoms with Gasteiger partial charge in [-0.25, -0.2) is 4.98 Å². The van der Waals surface area contributed by atoms with Crippen LogP contribution in [-0.2, 0) is 12.0 Å². The van der Waals surface area contributed by atoms with Crippen molar-refractivity contribution in [3.8, 4) is 0 Å². The molecule has 2 fully saturated rings. The molecule has 1 saturated carbocycles. The van der Waals surface area contributed by atoms with E-state index in [1.165, 1.54) is 31.2 Å². The molecule has 0 radical (unpaired) electrons. The van der Waals surface area contributed by atoms with E-state index in [0.29, 0.717) is 5.92 Å². The number of aryl methyl sites for hydroxylation is 2. The minimum absolute atomic E-state index is 0. The quantitative estimate of drug-likeness (QED) is 0.289. The summed E-state index contributed by atoms with van der Waals surface area (Å²) in [4.78, 5) is 11.9. The average molecular weight is 552 g/mol. The van der Waals surface area contributed by atoms with Gasteiger partial charge in [0, 0.05) is 18.5 Å². The van der Waals surface area contributed by atoms with Crippen LogP contribution in [-0.4, -0.2) is 48.6 Å². The standard InChI is InChI=1S/C25H37N5O.HI/c1-4-26-24(28-18-25(12-13-25)22-8-6-5-7-9-22)27-16-21-10-14-30(15-11-21)17-23-29-19(2)20(3)31-23;/h5-9,21H,4,10-18H2,1-3H3,(H2,26,27,28);1H. The van der Waals surface area contributed by atoms with Gasteiger partial charge >= 0.3 is 0 Å². The maximum absolute atomic E-state index is 5.75. The second-order valence-corrected chi connectivity index (χ2v) is 9.19. The number of benzene rings is 1. The largest absolute Gasteiger partial charge is 0.444 e. The Morgan fingerprint density at radius 3 is 2.47 bits per heavy atom. The topological polar surface area (TPSA) is 65.7 Å². The Morgan fingerprint density at radius 1 is 1.16 bits per heavy atom. The molecule has 1 aromatic carbocycles. The number of halogens is 1. The normalized spacial score (nSPS) is 18.8. The number of hydrogen-bond donors (Lipinski definition) is 2. The number of likely N-dealkylation sites (tertiary alicyclic amines) is 1. The van der Waals surface area contributed by atoms with Crippen LogP contribution >= 0.6 is 24.0 Å². The lowest BCUT2D eigenvalue weighted by Crippen LogP contribution is -2.43. The summed E-state index contributed by atoms with van der Waals surface area (Å²) >= 11 is 0. The second kappa shape index (κ2) is 11.5. The number of nitrogens with one attached hydrogen (secondary N) is 2. The molecule has 1 aliphatic carbocycles. The first kappa shape index (κ1) is 25.0. The Balaban J connectivity index is 0.00000289. The molecule has 2 aromatic rings. The van der Waals surface area contributed by atoms with Gasteiger partial charge in [-0.2, -0.15) is 0 Å². The molecule has 0 atom stereocenters. The first-order valence-electron chi connectivity index (χ1n) is 11.8. The van der Waals surface area contributed by atoms with Crippen LogP contribution in [0.4, 0.5) is 0 Å². The van der Waals surface area contributed by atoms with E-state index in [0.717, 1.165) is 62.6 Å². The molecule has 1 aromatic heterocycles. The van der Waals surface area contributed by atoms with Crippen molar-refractivity contribution in [1.82, 2.24) is 20.5 Å². The number of rotatable bonds is 8. The van der Waals surface area contributed by atoms with E-state index in [9.17, 15) is 0 Å². The molecule has 7 heteroatoms. The summed E-state index contributed by atoms with van der Waals surface area (Å²) in [6.07, 6.45) is 4.86. The number of nitrogens with zero attached hydrogens (tertiary/aromatic N) is 3. The van der Waals surface area contributed by atoms with Crippen molar-refractivity contribution in [2.24, 2.45) is 10.9 Å². The van der Waals surface area contributed by atoms with Crippen LogP contribution in [0, 0.1) is 19.8 Å².